The maximum Gasteiger partial charge on any atom is 0.370 e. The average Bonchev–Trinajstić information content (AvgIpc) is 2.58. The summed E-state index contributed by atoms with van der Waals surface area (Å²) in [7, 11) is 0. The summed E-state index contributed by atoms with van der Waals surface area (Å²) in [6, 6.07) is 8.24. The van der Waals surface area contributed by atoms with Crippen LogP contribution >= 0.6 is 11.8 Å². The number of carbonyl (C=O) groups excluding carboxylic acids is 4. The standard InChI is InChI=1S/C18H23NO7S/c1-12(15(21)19-10-14(20)26-18(2,3)4)27-17(23)25-11-24-16(22)13-8-6-5-7-9-13/h5-9,12H,10-11H2,1-4H3,(H,19,21). The third kappa shape index (κ3) is 9.64. The van der Waals surface area contributed by atoms with Crippen molar-refractivity contribution in [1.29, 1.82) is 0 Å². The van der Waals surface area contributed by atoms with E-state index in [0.29, 0.717) is 17.3 Å². The second kappa shape index (κ2) is 10.6. The number of nitrogens with one attached hydrogen (secondary N) is 1. The first-order valence-electron chi connectivity index (χ1n) is 8.13. The summed E-state index contributed by atoms with van der Waals surface area (Å²) in [5, 5.41) is 0.796. The van der Waals surface area contributed by atoms with Gasteiger partial charge in [-0.15, -0.1) is 0 Å². The van der Waals surface area contributed by atoms with Gasteiger partial charge in [-0.25, -0.2) is 9.59 Å². The van der Waals surface area contributed by atoms with Crippen molar-refractivity contribution >= 4 is 34.9 Å². The summed E-state index contributed by atoms with van der Waals surface area (Å²) in [6.07, 6.45) is 0. The third-order valence-corrected chi connectivity index (χ3v) is 3.72. The lowest BCUT2D eigenvalue weighted by Crippen LogP contribution is -2.38. The minimum atomic E-state index is -0.801. The molecule has 1 atom stereocenters. The molecule has 148 valence electrons. The number of carbonyl (C=O) groups is 4. The summed E-state index contributed by atoms with van der Waals surface area (Å²) in [5.74, 6) is -1.73. The molecule has 1 rings (SSSR count). The molecule has 0 radical (unpaired) electrons. The molecular formula is C18H23NO7S. The number of thioether (sulfide) groups is 1. The van der Waals surface area contributed by atoms with Gasteiger partial charge in [-0.05, 0) is 51.6 Å². The largest absolute Gasteiger partial charge is 0.459 e. The van der Waals surface area contributed by atoms with E-state index in [9.17, 15) is 19.2 Å². The van der Waals surface area contributed by atoms with E-state index in [1.165, 1.54) is 6.92 Å². The lowest BCUT2D eigenvalue weighted by molar-refractivity contribution is -0.154. The van der Waals surface area contributed by atoms with E-state index >= 15 is 0 Å². The molecule has 0 spiro atoms. The Morgan fingerprint density at radius 3 is 2.30 bits per heavy atom. The van der Waals surface area contributed by atoms with Gasteiger partial charge in [0.2, 0.25) is 12.7 Å². The fraction of sp³-hybridized carbons (Fsp3) is 0.444. The molecule has 1 amide bonds. The molecule has 9 heteroatoms. The van der Waals surface area contributed by atoms with Crippen LogP contribution in [0.4, 0.5) is 4.79 Å². The van der Waals surface area contributed by atoms with Gasteiger partial charge in [-0.1, -0.05) is 18.2 Å². The second-order valence-electron chi connectivity index (χ2n) is 6.37. The van der Waals surface area contributed by atoms with Crippen LogP contribution in [0.3, 0.4) is 0 Å². The van der Waals surface area contributed by atoms with Gasteiger partial charge in [0.05, 0.1) is 10.8 Å². The Hall–Kier alpha value is -2.55. The van der Waals surface area contributed by atoms with Gasteiger partial charge in [0.15, 0.2) is 0 Å². The topological polar surface area (TPSA) is 108 Å². The first-order chi connectivity index (χ1) is 12.6. The SMILES string of the molecule is CC(SC(=O)OCOC(=O)c1ccccc1)C(=O)NCC(=O)OC(C)(C)C. The molecule has 0 saturated heterocycles. The van der Waals surface area contributed by atoms with Crippen molar-refractivity contribution in [2.75, 3.05) is 13.3 Å². The van der Waals surface area contributed by atoms with Gasteiger partial charge >= 0.3 is 17.2 Å². The van der Waals surface area contributed by atoms with Crippen molar-refractivity contribution in [3.8, 4) is 0 Å². The molecule has 1 N–H and O–H groups in total. The molecule has 8 nitrogen and oxygen atoms in total. The van der Waals surface area contributed by atoms with Gasteiger partial charge in [0, 0.05) is 0 Å². The Morgan fingerprint density at radius 2 is 1.70 bits per heavy atom. The summed E-state index contributed by atoms with van der Waals surface area (Å²) in [5.41, 5.74) is -0.320. The molecule has 0 saturated carbocycles. The van der Waals surface area contributed by atoms with E-state index in [0.717, 1.165) is 0 Å². The highest BCUT2D eigenvalue weighted by Crippen LogP contribution is 2.14. The van der Waals surface area contributed by atoms with Crippen LogP contribution in [0.25, 0.3) is 0 Å². The van der Waals surface area contributed by atoms with Crippen molar-refractivity contribution in [3.63, 3.8) is 0 Å². The molecule has 0 heterocycles. The quantitative estimate of drug-likeness (QED) is 0.552. The molecule has 0 bridgehead atoms. The van der Waals surface area contributed by atoms with Gasteiger partial charge < -0.3 is 19.5 Å². The lowest BCUT2D eigenvalue weighted by Gasteiger charge is -2.19. The van der Waals surface area contributed by atoms with Gasteiger partial charge in [0.1, 0.15) is 12.1 Å². The minimum Gasteiger partial charge on any atom is -0.459 e. The third-order valence-electron chi connectivity index (χ3n) is 2.85. The van der Waals surface area contributed by atoms with Gasteiger partial charge in [-0.2, -0.15) is 0 Å². The number of amides is 1. The Morgan fingerprint density at radius 1 is 1.07 bits per heavy atom. The second-order valence-corrected chi connectivity index (χ2v) is 7.65. The van der Waals surface area contributed by atoms with E-state index in [4.69, 9.17) is 14.2 Å². The lowest BCUT2D eigenvalue weighted by atomic mass is 10.2. The molecule has 0 fully saturated rings. The Kier molecular flexibility index (Phi) is 8.80. The smallest absolute Gasteiger partial charge is 0.370 e. The Balaban J connectivity index is 2.27. The van der Waals surface area contributed by atoms with E-state index in [1.807, 2.05) is 0 Å². The monoisotopic (exact) mass is 397 g/mol. The zero-order valence-electron chi connectivity index (χ0n) is 15.6. The molecule has 0 aliphatic rings. The van der Waals surface area contributed by atoms with Gasteiger partial charge in [-0.3, -0.25) is 9.59 Å². The summed E-state index contributed by atoms with van der Waals surface area (Å²) in [6.45, 7) is 5.76. The summed E-state index contributed by atoms with van der Waals surface area (Å²) in [4.78, 5) is 46.8. The van der Waals surface area contributed by atoms with Gasteiger partial charge in [0.25, 0.3) is 0 Å². The Labute approximate surface area is 161 Å². The van der Waals surface area contributed by atoms with Crippen molar-refractivity contribution < 1.29 is 33.4 Å². The predicted octanol–water partition coefficient (Wildman–Crippen LogP) is 2.52. The predicted molar refractivity (Wildman–Crippen MR) is 99.1 cm³/mol. The number of hydrogen-bond acceptors (Lipinski definition) is 8. The van der Waals surface area contributed by atoms with Crippen molar-refractivity contribution in [2.24, 2.45) is 0 Å². The highest BCUT2D eigenvalue weighted by atomic mass is 32.2. The maximum absolute atomic E-state index is 11.9. The summed E-state index contributed by atoms with van der Waals surface area (Å²) < 4.78 is 14.6. The highest BCUT2D eigenvalue weighted by Gasteiger charge is 2.21. The molecule has 0 aliphatic heterocycles. The zero-order chi connectivity index (χ0) is 20.4. The van der Waals surface area contributed by atoms with Crippen LogP contribution in [0, 0.1) is 0 Å². The van der Waals surface area contributed by atoms with Crippen LogP contribution < -0.4 is 5.32 Å². The molecule has 27 heavy (non-hydrogen) atoms. The summed E-state index contributed by atoms with van der Waals surface area (Å²) >= 11 is 0.603. The fourth-order valence-electron chi connectivity index (χ4n) is 1.70. The number of benzene rings is 1. The molecule has 0 aliphatic carbocycles. The average molecular weight is 397 g/mol. The first-order valence-corrected chi connectivity index (χ1v) is 9.01. The van der Waals surface area contributed by atoms with E-state index in [-0.39, 0.29) is 6.54 Å². The van der Waals surface area contributed by atoms with Crippen molar-refractivity contribution in [2.45, 2.75) is 38.5 Å². The highest BCUT2D eigenvalue weighted by molar-refractivity contribution is 8.14. The minimum absolute atomic E-state index is 0.301. The molecular weight excluding hydrogens is 374 g/mol. The maximum atomic E-state index is 11.9. The number of rotatable bonds is 7. The van der Waals surface area contributed by atoms with Crippen molar-refractivity contribution in [1.82, 2.24) is 5.32 Å². The molecule has 1 aromatic carbocycles. The van der Waals surface area contributed by atoms with E-state index < -0.39 is 40.8 Å². The molecule has 1 aromatic rings. The van der Waals surface area contributed by atoms with E-state index in [1.54, 1.807) is 51.1 Å². The Bertz CT molecular complexity index is 670. The number of hydrogen-bond donors (Lipinski definition) is 1. The molecule has 1 unspecified atom stereocenters. The number of ether oxygens (including phenoxy) is 3. The number of esters is 2. The zero-order valence-corrected chi connectivity index (χ0v) is 16.5. The first kappa shape index (κ1) is 22.5. The van der Waals surface area contributed by atoms with E-state index in [2.05, 4.69) is 5.32 Å². The molecule has 0 aromatic heterocycles. The van der Waals surface area contributed by atoms with Crippen LogP contribution in [-0.2, 0) is 23.8 Å². The van der Waals surface area contributed by atoms with Crippen LogP contribution in [0.15, 0.2) is 30.3 Å². The fourth-order valence-corrected chi connectivity index (χ4v) is 2.30. The van der Waals surface area contributed by atoms with Crippen LogP contribution in [0.2, 0.25) is 0 Å². The normalized spacial score (nSPS) is 11.9. The van der Waals surface area contributed by atoms with Crippen molar-refractivity contribution in [3.05, 3.63) is 35.9 Å². The van der Waals surface area contributed by atoms with Crippen LogP contribution in [-0.4, -0.2) is 47.3 Å². The van der Waals surface area contributed by atoms with Crippen LogP contribution in [0.5, 0.6) is 0 Å². The van der Waals surface area contributed by atoms with Crippen LogP contribution in [0.1, 0.15) is 38.1 Å².